The van der Waals surface area contributed by atoms with E-state index in [1.54, 1.807) is 11.0 Å². The Morgan fingerprint density at radius 2 is 1.85 bits per heavy atom. The van der Waals surface area contributed by atoms with Crippen LogP contribution >= 0.6 is 0 Å². The summed E-state index contributed by atoms with van der Waals surface area (Å²) in [4.78, 5) is 13.8. The first-order valence-corrected chi connectivity index (χ1v) is 6.63. The van der Waals surface area contributed by atoms with E-state index in [4.69, 9.17) is 0 Å². The van der Waals surface area contributed by atoms with Crippen LogP contribution in [0.5, 0.6) is 0 Å². The molecule has 3 nitrogen and oxygen atoms in total. The van der Waals surface area contributed by atoms with Crippen LogP contribution < -0.4 is 10.2 Å². The van der Waals surface area contributed by atoms with Crippen molar-refractivity contribution in [2.24, 2.45) is 0 Å². The fraction of sp³-hybridized carbons (Fsp3) is 0.118. The van der Waals surface area contributed by atoms with Gasteiger partial charge in [-0.1, -0.05) is 30.3 Å². The van der Waals surface area contributed by atoms with Crippen molar-refractivity contribution < 1.29 is 4.79 Å². The summed E-state index contributed by atoms with van der Waals surface area (Å²) in [7, 11) is 0. The maximum absolute atomic E-state index is 12.1. The number of rotatable bonds is 3. The highest BCUT2D eigenvalue weighted by Crippen LogP contribution is 2.22. The van der Waals surface area contributed by atoms with Crippen molar-refractivity contribution in [3.05, 3.63) is 71.9 Å². The van der Waals surface area contributed by atoms with Crippen molar-refractivity contribution in [3.8, 4) is 0 Å². The van der Waals surface area contributed by atoms with Gasteiger partial charge in [0.15, 0.2) is 0 Å². The van der Waals surface area contributed by atoms with Gasteiger partial charge in [0.05, 0.1) is 6.54 Å². The molecular formula is C17H16N2O. The molecule has 1 heterocycles. The first kappa shape index (κ1) is 12.5. The molecule has 0 aliphatic carbocycles. The van der Waals surface area contributed by atoms with Crippen LogP contribution in [0.25, 0.3) is 0 Å². The lowest BCUT2D eigenvalue weighted by Gasteiger charge is -2.17. The number of carbonyl (C=O) groups is 1. The topological polar surface area (TPSA) is 32.3 Å². The van der Waals surface area contributed by atoms with Crippen molar-refractivity contribution >= 4 is 17.3 Å². The first-order valence-electron chi connectivity index (χ1n) is 6.63. The zero-order chi connectivity index (χ0) is 13.9. The Balaban J connectivity index is 1.75. The molecular weight excluding hydrogens is 248 g/mol. The van der Waals surface area contributed by atoms with Crippen LogP contribution in [0.1, 0.15) is 5.56 Å². The molecule has 3 heteroatoms. The Bertz CT molecular complexity index is 662. The smallest absolute Gasteiger partial charge is 0.253 e. The van der Waals surface area contributed by atoms with Gasteiger partial charge in [0.1, 0.15) is 0 Å². The molecule has 0 atom stereocenters. The van der Waals surface area contributed by atoms with Gasteiger partial charge in [0.25, 0.3) is 5.91 Å². The first-order chi connectivity index (χ1) is 9.72. The number of amides is 1. The van der Waals surface area contributed by atoms with Gasteiger partial charge in [-0.05, 0) is 36.8 Å². The van der Waals surface area contributed by atoms with Gasteiger partial charge in [-0.25, -0.2) is 0 Å². The van der Waals surface area contributed by atoms with E-state index in [2.05, 4.69) is 24.4 Å². The molecule has 0 saturated heterocycles. The largest absolute Gasteiger partial charge is 0.357 e. The zero-order valence-corrected chi connectivity index (χ0v) is 11.3. The standard InChI is InChI=1S/C17H16N2O/c1-13-6-5-7-14(10-13)18-15-11-17(20)19(12-15)16-8-3-2-4-9-16/h2-11,18H,12H2,1H3. The number of carbonyl (C=O) groups excluding carboxylic acids is 1. The predicted molar refractivity (Wildman–Crippen MR) is 81.7 cm³/mol. The van der Waals surface area contributed by atoms with Gasteiger partial charge in [-0.2, -0.15) is 0 Å². The molecule has 1 amide bonds. The van der Waals surface area contributed by atoms with E-state index in [1.165, 1.54) is 5.56 Å². The van der Waals surface area contributed by atoms with Crippen LogP contribution in [0.2, 0.25) is 0 Å². The van der Waals surface area contributed by atoms with E-state index >= 15 is 0 Å². The van der Waals surface area contributed by atoms with E-state index in [0.29, 0.717) is 6.54 Å². The Morgan fingerprint density at radius 3 is 2.60 bits per heavy atom. The van der Waals surface area contributed by atoms with Gasteiger partial charge in [0.2, 0.25) is 0 Å². The number of para-hydroxylation sites is 1. The number of nitrogens with one attached hydrogen (secondary N) is 1. The molecule has 0 fully saturated rings. The number of aryl methyl sites for hydroxylation is 1. The van der Waals surface area contributed by atoms with Crippen molar-refractivity contribution in [2.45, 2.75) is 6.92 Å². The molecule has 0 unspecified atom stereocenters. The molecule has 0 spiro atoms. The lowest BCUT2D eigenvalue weighted by molar-refractivity contribution is -0.113. The number of hydrogen-bond donors (Lipinski definition) is 1. The van der Waals surface area contributed by atoms with Crippen molar-refractivity contribution in [1.82, 2.24) is 0 Å². The Morgan fingerprint density at radius 1 is 1.05 bits per heavy atom. The number of hydrogen-bond acceptors (Lipinski definition) is 2. The minimum absolute atomic E-state index is 0.0198. The predicted octanol–water partition coefficient (Wildman–Crippen LogP) is 3.34. The Kier molecular flexibility index (Phi) is 3.25. The molecule has 1 N–H and O–H groups in total. The van der Waals surface area contributed by atoms with Crippen molar-refractivity contribution in [3.63, 3.8) is 0 Å². The van der Waals surface area contributed by atoms with Gasteiger partial charge >= 0.3 is 0 Å². The van der Waals surface area contributed by atoms with Gasteiger partial charge in [0, 0.05) is 23.1 Å². The van der Waals surface area contributed by atoms with Gasteiger partial charge < -0.3 is 10.2 Å². The Hall–Kier alpha value is -2.55. The molecule has 100 valence electrons. The average molecular weight is 264 g/mol. The van der Waals surface area contributed by atoms with Gasteiger partial charge in [-0.15, -0.1) is 0 Å². The maximum Gasteiger partial charge on any atom is 0.253 e. The summed E-state index contributed by atoms with van der Waals surface area (Å²) in [5.41, 5.74) is 4.05. The normalized spacial score (nSPS) is 14.3. The second-order valence-corrected chi connectivity index (χ2v) is 4.92. The molecule has 0 saturated carbocycles. The van der Waals surface area contributed by atoms with Crippen LogP contribution in [0, 0.1) is 6.92 Å². The molecule has 0 bridgehead atoms. The zero-order valence-electron chi connectivity index (χ0n) is 11.3. The minimum Gasteiger partial charge on any atom is -0.357 e. The Labute approximate surface area is 118 Å². The van der Waals surface area contributed by atoms with Crippen LogP contribution in [-0.2, 0) is 4.79 Å². The number of nitrogens with zero attached hydrogens (tertiary/aromatic N) is 1. The molecule has 2 aromatic carbocycles. The molecule has 3 rings (SSSR count). The average Bonchev–Trinajstić information content (AvgIpc) is 2.80. The molecule has 1 aliphatic rings. The fourth-order valence-corrected chi connectivity index (χ4v) is 2.33. The van der Waals surface area contributed by atoms with E-state index < -0.39 is 0 Å². The molecule has 2 aromatic rings. The summed E-state index contributed by atoms with van der Waals surface area (Å²) >= 11 is 0. The number of benzene rings is 2. The van der Waals surface area contributed by atoms with Crippen molar-refractivity contribution in [2.75, 3.05) is 16.8 Å². The van der Waals surface area contributed by atoms with E-state index in [0.717, 1.165) is 17.1 Å². The van der Waals surface area contributed by atoms with E-state index in [1.807, 2.05) is 42.5 Å². The highest BCUT2D eigenvalue weighted by molar-refractivity contribution is 6.05. The SMILES string of the molecule is Cc1cccc(NC2=CC(=O)N(c3ccccc3)C2)c1. The maximum atomic E-state index is 12.1. The summed E-state index contributed by atoms with van der Waals surface area (Å²) in [6, 6.07) is 17.8. The lowest BCUT2D eigenvalue weighted by atomic mass is 10.2. The second kappa shape index (κ2) is 5.21. The van der Waals surface area contributed by atoms with Gasteiger partial charge in [-0.3, -0.25) is 4.79 Å². The van der Waals surface area contributed by atoms with Crippen molar-refractivity contribution in [1.29, 1.82) is 0 Å². The van der Waals surface area contributed by atoms with Crippen LogP contribution in [0.3, 0.4) is 0 Å². The highest BCUT2D eigenvalue weighted by Gasteiger charge is 2.22. The minimum atomic E-state index is 0.0198. The third-order valence-corrected chi connectivity index (χ3v) is 3.28. The summed E-state index contributed by atoms with van der Waals surface area (Å²) in [6.07, 6.45) is 1.66. The highest BCUT2D eigenvalue weighted by atomic mass is 16.2. The van der Waals surface area contributed by atoms with E-state index in [-0.39, 0.29) is 5.91 Å². The summed E-state index contributed by atoms with van der Waals surface area (Å²) < 4.78 is 0. The monoisotopic (exact) mass is 264 g/mol. The van der Waals surface area contributed by atoms with Crippen LogP contribution in [0.15, 0.2) is 66.4 Å². The van der Waals surface area contributed by atoms with Crippen LogP contribution in [0.4, 0.5) is 11.4 Å². The number of anilines is 2. The quantitative estimate of drug-likeness (QED) is 0.922. The third-order valence-electron chi connectivity index (χ3n) is 3.28. The third kappa shape index (κ3) is 2.57. The lowest BCUT2D eigenvalue weighted by Crippen LogP contribution is -2.25. The summed E-state index contributed by atoms with van der Waals surface area (Å²) in [6.45, 7) is 2.63. The summed E-state index contributed by atoms with van der Waals surface area (Å²) in [5.74, 6) is 0.0198. The molecule has 1 aliphatic heterocycles. The van der Waals surface area contributed by atoms with Crippen LogP contribution in [-0.4, -0.2) is 12.5 Å². The molecule has 0 radical (unpaired) electrons. The van der Waals surface area contributed by atoms with E-state index in [9.17, 15) is 4.79 Å². The molecule has 20 heavy (non-hydrogen) atoms. The fourth-order valence-electron chi connectivity index (χ4n) is 2.33. The molecule has 0 aromatic heterocycles. The second-order valence-electron chi connectivity index (χ2n) is 4.92. The summed E-state index contributed by atoms with van der Waals surface area (Å²) in [5, 5.41) is 3.31.